The van der Waals surface area contributed by atoms with E-state index in [-0.39, 0.29) is 5.91 Å². The Balaban J connectivity index is 1.57. The van der Waals surface area contributed by atoms with E-state index in [1.54, 1.807) is 66.7 Å². The largest absolute Gasteiger partial charge is 0.334 e. The summed E-state index contributed by atoms with van der Waals surface area (Å²) in [6, 6.07) is 10.6. The Hall–Kier alpha value is -3.81. The standard InChI is InChI=1S/C18H14N6O2/c1-12-21-18(26-23-12)15-5-3-2-4-14(15)17(25)22-13-6-7-16(20-10-13)24-9-8-19-11-24/h2-11H,1H3,(H,22,25). The fourth-order valence-electron chi connectivity index (χ4n) is 2.48. The Labute approximate surface area is 148 Å². The first-order valence-electron chi connectivity index (χ1n) is 7.86. The molecule has 0 radical (unpaired) electrons. The van der Waals surface area contributed by atoms with Gasteiger partial charge in [-0.3, -0.25) is 9.36 Å². The maximum absolute atomic E-state index is 12.7. The Morgan fingerprint density at radius 1 is 1.19 bits per heavy atom. The maximum atomic E-state index is 12.7. The van der Waals surface area contributed by atoms with Crippen LogP contribution in [-0.4, -0.2) is 30.6 Å². The molecule has 4 rings (SSSR count). The molecule has 0 saturated heterocycles. The lowest BCUT2D eigenvalue weighted by Gasteiger charge is -2.08. The van der Waals surface area contributed by atoms with Gasteiger partial charge >= 0.3 is 0 Å². The third-order valence-corrected chi connectivity index (χ3v) is 3.70. The second-order valence-electron chi connectivity index (χ2n) is 5.52. The molecule has 0 spiro atoms. The average molecular weight is 346 g/mol. The van der Waals surface area contributed by atoms with E-state index in [0.717, 1.165) is 0 Å². The molecule has 0 aliphatic rings. The van der Waals surface area contributed by atoms with Gasteiger partial charge in [-0.1, -0.05) is 17.3 Å². The van der Waals surface area contributed by atoms with Crippen molar-refractivity contribution in [3.8, 4) is 17.3 Å². The van der Waals surface area contributed by atoms with Gasteiger partial charge in [0.25, 0.3) is 11.8 Å². The highest BCUT2D eigenvalue weighted by atomic mass is 16.5. The van der Waals surface area contributed by atoms with Gasteiger partial charge in [-0.15, -0.1) is 0 Å². The summed E-state index contributed by atoms with van der Waals surface area (Å²) in [6.07, 6.45) is 6.71. The van der Waals surface area contributed by atoms with Crippen LogP contribution in [-0.2, 0) is 0 Å². The second kappa shape index (κ2) is 6.60. The lowest BCUT2D eigenvalue weighted by atomic mass is 10.1. The van der Waals surface area contributed by atoms with Crippen LogP contribution in [0.3, 0.4) is 0 Å². The van der Waals surface area contributed by atoms with Gasteiger partial charge in [0.05, 0.1) is 23.0 Å². The molecule has 0 bridgehead atoms. The molecular weight excluding hydrogens is 332 g/mol. The fraction of sp³-hybridized carbons (Fsp3) is 0.0556. The fourth-order valence-corrected chi connectivity index (χ4v) is 2.48. The highest BCUT2D eigenvalue weighted by Crippen LogP contribution is 2.23. The number of benzene rings is 1. The topological polar surface area (TPSA) is 98.7 Å². The van der Waals surface area contributed by atoms with Crippen molar-refractivity contribution in [2.45, 2.75) is 6.92 Å². The Kier molecular flexibility index (Phi) is 3.98. The molecule has 8 nitrogen and oxygen atoms in total. The van der Waals surface area contributed by atoms with Crippen LogP contribution in [0.2, 0.25) is 0 Å². The van der Waals surface area contributed by atoms with E-state index >= 15 is 0 Å². The molecule has 128 valence electrons. The van der Waals surface area contributed by atoms with Gasteiger partial charge in [-0.25, -0.2) is 9.97 Å². The number of aryl methyl sites for hydroxylation is 1. The number of aromatic nitrogens is 5. The number of rotatable bonds is 4. The first-order chi connectivity index (χ1) is 12.7. The van der Waals surface area contributed by atoms with Crippen LogP contribution in [0.1, 0.15) is 16.2 Å². The van der Waals surface area contributed by atoms with Gasteiger partial charge < -0.3 is 9.84 Å². The zero-order valence-corrected chi connectivity index (χ0v) is 13.8. The Morgan fingerprint density at radius 3 is 2.77 bits per heavy atom. The van der Waals surface area contributed by atoms with Crippen molar-refractivity contribution in [2.24, 2.45) is 0 Å². The summed E-state index contributed by atoms with van der Waals surface area (Å²) in [5.74, 6) is 1.24. The third kappa shape index (κ3) is 3.07. The van der Waals surface area contributed by atoms with E-state index in [2.05, 4.69) is 25.4 Å². The van der Waals surface area contributed by atoms with Crippen LogP contribution in [0.15, 0.2) is 65.8 Å². The van der Waals surface area contributed by atoms with Crippen LogP contribution in [0, 0.1) is 6.92 Å². The quantitative estimate of drug-likeness (QED) is 0.610. The number of hydrogen-bond acceptors (Lipinski definition) is 6. The molecule has 3 heterocycles. The van der Waals surface area contributed by atoms with E-state index in [4.69, 9.17) is 4.52 Å². The molecule has 8 heteroatoms. The summed E-state index contributed by atoms with van der Waals surface area (Å²) in [6.45, 7) is 1.73. The number of hydrogen-bond donors (Lipinski definition) is 1. The van der Waals surface area contributed by atoms with Gasteiger partial charge in [-0.05, 0) is 31.2 Å². The lowest BCUT2D eigenvalue weighted by molar-refractivity contribution is 0.102. The van der Waals surface area contributed by atoms with E-state index in [9.17, 15) is 4.79 Å². The van der Waals surface area contributed by atoms with Gasteiger partial charge in [-0.2, -0.15) is 4.98 Å². The van der Waals surface area contributed by atoms with Crippen LogP contribution < -0.4 is 5.32 Å². The summed E-state index contributed by atoms with van der Waals surface area (Å²) in [4.78, 5) is 25.2. The maximum Gasteiger partial charge on any atom is 0.258 e. The van der Waals surface area contributed by atoms with Crippen LogP contribution in [0.4, 0.5) is 5.69 Å². The minimum absolute atomic E-state index is 0.284. The number of anilines is 1. The number of nitrogens with one attached hydrogen (secondary N) is 1. The van der Waals surface area contributed by atoms with E-state index in [0.29, 0.717) is 34.3 Å². The average Bonchev–Trinajstić information content (AvgIpc) is 3.34. The minimum atomic E-state index is -0.284. The Morgan fingerprint density at radius 2 is 2.08 bits per heavy atom. The summed E-state index contributed by atoms with van der Waals surface area (Å²) < 4.78 is 6.96. The minimum Gasteiger partial charge on any atom is -0.334 e. The molecule has 26 heavy (non-hydrogen) atoms. The first-order valence-corrected chi connectivity index (χ1v) is 7.86. The van der Waals surface area contributed by atoms with Crippen molar-refractivity contribution in [2.75, 3.05) is 5.32 Å². The van der Waals surface area contributed by atoms with E-state index < -0.39 is 0 Å². The predicted molar refractivity (Wildman–Crippen MR) is 93.8 cm³/mol. The monoisotopic (exact) mass is 346 g/mol. The molecule has 0 fully saturated rings. The van der Waals surface area contributed by atoms with Crippen LogP contribution >= 0.6 is 0 Å². The highest BCUT2D eigenvalue weighted by Gasteiger charge is 2.17. The van der Waals surface area contributed by atoms with Crippen molar-refractivity contribution < 1.29 is 9.32 Å². The molecule has 1 N–H and O–H groups in total. The molecular formula is C18H14N6O2. The summed E-state index contributed by atoms with van der Waals surface area (Å²) in [5, 5.41) is 6.61. The van der Waals surface area contributed by atoms with Crippen molar-refractivity contribution in [3.05, 3.63) is 72.7 Å². The second-order valence-corrected chi connectivity index (χ2v) is 5.52. The molecule has 4 aromatic rings. The highest BCUT2D eigenvalue weighted by molar-refractivity contribution is 6.08. The zero-order chi connectivity index (χ0) is 17.9. The normalized spacial score (nSPS) is 10.7. The summed E-state index contributed by atoms with van der Waals surface area (Å²) >= 11 is 0. The Bertz CT molecular complexity index is 1040. The molecule has 1 aromatic carbocycles. The molecule has 3 aromatic heterocycles. The van der Waals surface area contributed by atoms with Gasteiger partial charge in [0, 0.05) is 12.4 Å². The number of amides is 1. The molecule has 0 unspecified atom stereocenters. The summed E-state index contributed by atoms with van der Waals surface area (Å²) in [5.41, 5.74) is 1.60. The van der Waals surface area contributed by atoms with Crippen molar-refractivity contribution in [3.63, 3.8) is 0 Å². The molecule has 0 aliphatic heterocycles. The first kappa shape index (κ1) is 15.7. The number of imidazole rings is 1. The molecule has 0 aliphatic carbocycles. The van der Waals surface area contributed by atoms with Crippen LogP contribution in [0.25, 0.3) is 17.3 Å². The lowest BCUT2D eigenvalue weighted by Crippen LogP contribution is -2.13. The van der Waals surface area contributed by atoms with E-state index in [1.807, 2.05) is 6.07 Å². The SMILES string of the molecule is Cc1noc(-c2ccccc2C(=O)Nc2ccc(-n3ccnc3)nc2)n1. The predicted octanol–water partition coefficient (Wildman–Crippen LogP) is 2.88. The third-order valence-electron chi connectivity index (χ3n) is 3.70. The molecule has 0 atom stereocenters. The van der Waals surface area contributed by atoms with Crippen molar-refractivity contribution >= 4 is 11.6 Å². The molecule has 0 saturated carbocycles. The number of carbonyl (C=O) groups excluding carboxylic acids is 1. The summed E-state index contributed by atoms with van der Waals surface area (Å²) in [7, 11) is 0. The van der Waals surface area contributed by atoms with Crippen LogP contribution in [0.5, 0.6) is 0 Å². The molecule has 1 amide bonds. The number of nitrogens with zero attached hydrogens (tertiary/aromatic N) is 5. The van der Waals surface area contributed by atoms with E-state index in [1.165, 1.54) is 0 Å². The van der Waals surface area contributed by atoms with Gasteiger partial charge in [0.2, 0.25) is 0 Å². The number of carbonyl (C=O) groups is 1. The smallest absolute Gasteiger partial charge is 0.258 e. The zero-order valence-electron chi connectivity index (χ0n) is 13.8. The van der Waals surface area contributed by atoms with Gasteiger partial charge in [0.1, 0.15) is 12.1 Å². The number of pyridine rings is 1. The van der Waals surface area contributed by atoms with Crippen molar-refractivity contribution in [1.29, 1.82) is 0 Å². The van der Waals surface area contributed by atoms with Gasteiger partial charge in [0.15, 0.2) is 5.82 Å². The van der Waals surface area contributed by atoms with Crippen molar-refractivity contribution in [1.82, 2.24) is 24.7 Å².